The molecule has 0 bridgehead atoms. The molecular formula is C13H16BrNO3S2. The van der Waals surface area contributed by atoms with E-state index in [1.807, 2.05) is 24.3 Å². The summed E-state index contributed by atoms with van der Waals surface area (Å²) in [6, 6.07) is 7.59. The Balaban J connectivity index is 1.87. The molecule has 1 heterocycles. The Bertz CT molecular complexity index is 586. The SMILES string of the molecule is CN(C(=O)CSc1ccc(Br)cc1)[C@H]1CCS(=O)(=O)C1. The average Bonchev–Trinajstić information content (AvgIpc) is 2.77. The van der Waals surface area contributed by atoms with Crippen molar-refractivity contribution >= 4 is 43.4 Å². The zero-order chi connectivity index (χ0) is 14.8. The minimum Gasteiger partial charge on any atom is -0.341 e. The molecule has 1 saturated heterocycles. The molecule has 20 heavy (non-hydrogen) atoms. The van der Waals surface area contributed by atoms with Gasteiger partial charge in [-0.1, -0.05) is 15.9 Å². The lowest BCUT2D eigenvalue weighted by molar-refractivity contribution is -0.128. The molecule has 110 valence electrons. The summed E-state index contributed by atoms with van der Waals surface area (Å²) in [5.41, 5.74) is 0. The molecular weight excluding hydrogens is 362 g/mol. The smallest absolute Gasteiger partial charge is 0.232 e. The van der Waals surface area contributed by atoms with Gasteiger partial charge in [0.25, 0.3) is 0 Å². The topological polar surface area (TPSA) is 54.5 Å². The molecule has 1 fully saturated rings. The maximum Gasteiger partial charge on any atom is 0.232 e. The number of thioether (sulfide) groups is 1. The van der Waals surface area contributed by atoms with Crippen molar-refractivity contribution in [2.45, 2.75) is 17.4 Å². The Morgan fingerprint density at radius 1 is 1.40 bits per heavy atom. The molecule has 1 aliphatic heterocycles. The van der Waals surface area contributed by atoms with E-state index in [1.54, 1.807) is 11.9 Å². The molecule has 1 amide bonds. The fourth-order valence-corrected chi connectivity index (χ4v) is 4.92. The number of hydrogen-bond acceptors (Lipinski definition) is 4. The Morgan fingerprint density at radius 2 is 2.05 bits per heavy atom. The van der Waals surface area contributed by atoms with Gasteiger partial charge in [-0.3, -0.25) is 4.79 Å². The summed E-state index contributed by atoms with van der Waals surface area (Å²) < 4.78 is 23.9. The number of sulfone groups is 1. The minimum absolute atomic E-state index is 0.0278. The van der Waals surface area contributed by atoms with Crippen LogP contribution in [0, 0.1) is 0 Å². The van der Waals surface area contributed by atoms with Gasteiger partial charge in [-0.05, 0) is 30.7 Å². The second-order valence-corrected chi connectivity index (χ2v) is 9.00. The maximum atomic E-state index is 12.1. The van der Waals surface area contributed by atoms with E-state index in [0.717, 1.165) is 9.37 Å². The first-order valence-corrected chi connectivity index (χ1v) is 9.82. The first kappa shape index (κ1) is 15.9. The lowest BCUT2D eigenvalue weighted by Crippen LogP contribution is -2.38. The number of rotatable bonds is 4. The van der Waals surface area contributed by atoms with Crippen LogP contribution >= 0.6 is 27.7 Å². The van der Waals surface area contributed by atoms with E-state index in [9.17, 15) is 13.2 Å². The molecule has 0 aliphatic carbocycles. The van der Waals surface area contributed by atoms with Gasteiger partial charge in [0, 0.05) is 22.5 Å². The molecule has 0 saturated carbocycles. The summed E-state index contributed by atoms with van der Waals surface area (Å²) in [5.74, 6) is 0.585. The summed E-state index contributed by atoms with van der Waals surface area (Å²) in [5, 5.41) is 0. The van der Waals surface area contributed by atoms with Crippen molar-refractivity contribution in [3.8, 4) is 0 Å². The highest BCUT2D eigenvalue weighted by Crippen LogP contribution is 2.22. The van der Waals surface area contributed by atoms with Crippen LogP contribution < -0.4 is 0 Å². The van der Waals surface area contributed by atoms with Gasteiger partial charge in [0.15, 0.2) is 9.84 Å². The second-order valence-electron chi connectivity index (χ2n) is 4.80. The third kappa shape index (κ3) is 4.23. The van der Waals surface area contributed by atoms with Crippen LogP contribution in [-0.2, 0) is 14.6 Å². The number of carbonyl (C=O) groups excluding carboxylic acids is 1. The molecule has 2 rings (SSSR count). The molecule has 0 N–H and O–H groups in total. The summed E-state index contributed by atoms with van der Waals surface area (Å²) >= 11 is 4.83. The molecule has 0 spiro atoms. The summed E-state index contributed by atoms with van der Waals surface area (Å²) in [4.78, 5) is 14.7. The van der Waals surface area contributed by atoms with Gasteiger partial charge in [0.05, 0.1) is 17.3 Å². The van der Waals surface area contributed by atoms with Crippen LogP contribution in [-0.4, -0.2) is 49.6 Å². The Labute approximate surface area is 132 Å². The highest BCUT2D eigenvalue weighted by molar-refractivity contribution is 9.10. The molecule has 0 aromatic heterocycles. The first-order chi connectivity index (χ1) is 9.37. The van der Waals surface area contributed by atoms with Crippen molar-refractivity contribution in [2.24, 2.45) is 0 Å². The quantitative estimate of drug-likeness (QED) is 0.754. The second kappa shape index (κ2) is 6.49. The monoisotopic (exact) mass is 377 g/mol. The average molecular weight is 378 g/mol. The van der Waals surface area contributed by atoms with E-state index in [4.69, 9.17) is 0 Å². The van der Waals surface area contributed by atoms with Gasteiger partial charge in [-0.15, -0.1) is 11.8 Å². The Hall–Kier alpha value is -0.530. The van der Waals surface area contributed by atoms with Gasteiger partial charge in [-0.25, -0.2) is 8.42 Å². The standard InChI is InChI=1S/C13H16BrNO3S2/c1-15(11-6-7-20(17,18)9-11)13(16)8-19-12-4-2-10(14)3-5-12/h2-5,11H,6-9H2,1H3/t11-/m0/s1. The lowest BCUT2D eigenvalue weighted by Gasteiger charge is -2.23. The molecule has 1 aromatic carbocycles. The predicted octanol–water partition coefficient (Wildman–Crippen LogP) is 2.19. The number of hydrogen-bond donors (Lipinski definition) is 0. The molecule has 7 heteroatoms. The van der Waals surface area contributed by atoms with Crippen LogP contribution in [0.5, 0.6) is 0 Å². The van der Waals surface area contributed by atoms with Gasteiger partial charge in [-0.2, -0.15) is 0 Å². The highest BCUT2D eigenvalue weighted by Gasteiger charge is 2.32. The van der Waals surface area contributed by atoms with Crippen molar-refractivity contribution < 1.29 is 13.2 Å². The largest absolute Gasteiger partial charge is 0.341 e. The van der Waals surface area contributed by atoms with Gasteiger partial charge < -0.3 is 4.90 Å². The van der Waals surface area contributed by atoms with E-state index >= 15 is 0 Å². The normalized spacial score (nSPS) is 20.8. The van der Waals surface area contributed by atoms with E-state index < -0.39 is 9.84 Å². The highest BCUT2D eigenvalue weighted by atomic mass is 79.9. The van der Waals surface area contributed by atoms with Crippen molar-refractivity contribution in [1.82, 2.24) is 4.90 Å². The summed E-state index contributed by atoms with van der Waals surface area (Å²) in [6.07, 6.45) is 0.549. The van der Waals surface area contributed by atoms with Gasteiger partial charge in [0.1, 0.15) is 0 Å². The third-order valence-corrected chi connectivity index (χ3v) is 6.60. The number of benzene rings is 1. The third-order valence-electron chi connectivity index (χ3n) is 3.33. The van der Waals surface area contributed by atoms with Crippen LogP contribution in [0.1, 0.15) is 6.42 Å². The van der Waals surface area contributed by atoms with Crippen molar-refractivity contribution in [3.63, 3.8) is 0 Å². The Kier molecular flexibility index (Phi) is 5.14. The number of carbonyl (C=O) groups is 1. The van der Waals surface area contributed by atoms with Crippen molar-refractivity contribution in [2.75, 3.05) is 24.3 Å². The number of halogens is 1. The fraction of sp³-hybridized carbons (Fsp3) is 0.462. The van der Waals surface area contributed by atoms with Crippen molar-refractivity contribution in [3.05, 3.63) is 28.7 Å². The van der Waals surface area contributed by atoms with E-state index in [2.05, 4.69) is 15.9 Å². The van der Waals surface area contributed by atoms with Crippen LogP contribution in [0.2, 0.25) is 0 Å². The summed E-state index contributed by atoms with van der Waals surface area (Å²) in [7, 11) is -1.26. The molecule has 0 unspecified atom stereocenters. The molecule has 1 atom stereocenters. The Morgan fingerprint density at radius 3 is 2.60 bits per heavy atom. The zero-order valence-electron chi connectivity index (χ0n) is 11.1. The number of nitrogens with zero attached hydrogens (tertiary/aromatic N) is 1. The number of amides is 1. The van der Waals surface area contributed by atoms with Gasteiger partial charge >= 0.3 is 0 Å². The lowest BCUT2D eigenvalue weighted by atomic mass is 10.2. The fourth-order valence-electron chi connectivity index (χ4n) is 2.06. The molecule has 1 aliphatic rings. The van der Waals surface area contributed by atoms with Crippen LogP contribution in [0.4, 0.5) is 0 Å². The maximum absolute atomic E-state index is 12.1. The summed E-state index contributed by atoms with van der Waals surface area (Å²) in [6.45, 7) is 0. The van der Waals surface area contributed by atoms with Crippen LogP contribution in [0.3, 0.4) is 0 Å². The first-order valence-electron chi connectivity index (χ1n) is 6.22. The minimum atomic E-state index is -2.95. The van der Waals surface area contributed by atoms with Gasteiger partial charge in [0.2, 0.25) is 5.91 Å². The zero-order valence-corrected chi connectivity index (χ0v) is 14.3. The van der Waals surface area contributed by atoms with Crippen LogP contribution in [0.15, 0.2) is 33.6 Å². The van der Waals surface area contributed by atoms with Crippen LogP contribution in [0.25, 0.3) is 0 Å². The molecule has 1 aromatic rings. The van der Waals surface area contributed by atoms with E-state index in [1.165, 1.54) is 11.8 Å². The molecule has 0 radical (unpaired) electrons. The van der Waals surface area contributed by atoms with E-state index in [0.29, 0.717) is 12.2 Å². The van der Waals surface area contributed by atoms with Crippen molar-refractivity contribution in [1.29, 1.82) is 0 Å². The predicted molar refractivity (Wildman–Crippen MR) is 84.7 cm³/mol. The van der Waals surface area contributed by atoms with E-state index in [-0.39, 0.29) is 23.5 Å². The molecule has 4 nitrogen and oxygen atoms in total.